The Hall–Kier alpha value is -0.750. The lowest BCUT2D eigenvalue weighted by Crippen LogP contribution is -2.24. The maximum atomic E-state index is 11.8. The Labute approximate surface area is 104 Å². The van der Waals surface area contributed by atoms with Gasteiger partial charge in [-0.3, -0.25) is 4.79 Å². The second-order valence-electron chi connectivity index (χ2n) is 3.99. The molecule has 0 aliphatic heterocycles. The van der Waals surface area contributed by atoms with Gasteiger partial charge in [-0.25, -0.2) is 4.68 Å². The third-order valence-corrected chi connectivity index (χ3v) is 2.72. The topological polar surface area (TPSA) is 59.8 Å². The number of ketones is 1. The van der Waals surface area contributed by atoms with E-state index in [1.165, 1.54) is 4.68 Å². The van der Waals surface area contributed by atoms with Gasteiger partial charge < -0.3 is 5.32 Å². The van der Waals surface area contributed by atoms with Gasteiger partial charge in [-0.15, -0.1) is 5.10 Å². The third-order valence-electron chi connectivity index (χ3n) is 2.18. The van der Waals surface area contributed by atoms with E-state index < -0.39 is 0 Å². The minimum absolute atomic E-state index is 0.0740. The minimum Gasteiger partial charge on any atom is -0.315 e. The molecule has 1 heterocycles. The first-order valence-corrected chi connectivity index (χ1v) is 6.13. The lowest BCUT2D eigenvalue weighted by molar-refractivity contribution is 0.0970. The molecule has 0 saturated carbocycles. The van der Waals surface area contributed by atoms with Crippen LogP contribution in [-0.4, -0.2) is 33.4 Å². The molecule has 0 aromatic carbocycles. The molecule has 1 aromatic heterocycles. The van der Waals surface area contributed by atoms with Crippen LogP contribution < -0.4 is 5.32 Å². The number of carbonyl (C=O) groups excluding carboxylic acids is 1. The predicted molar refractivity (Wildman–Crippen MR) is 65.4 cm³/mol. The SMILES string of the molecule is CC(C)NCCCC(=O)c1c(Br)nnn1C. The summed E-state index contributed by atoms with van der Waals surface area (Å²) in [5, 5.41) is 10.8. The quantitative estimate of drug-likeness (QED) is 0.637. The summed E-state index contributed by atoms with van der Waals surface area (Å²) in [6.07, 6.45) is 1.34. The Kier molecular flexibility index (Phi) is 5.08. The molecule has 1 rings (SSSR count). The highest BCUT2D eigenvalue weighted by molar-refractivity contribution is 9.10. The molecule has 0 amide bonds. The molecule has 0 atom stereocenters. The van der Waals surface area contributed by atoms with Gasteiger partial charge in [-0.1, -0.05) is 19.1 Å². The largest absolute Gasteiger partial charge is 0.315 e. The number of nitrogens with one attached hydrogen (secondary N) is 1. The number of carbonyl (C=O) groups is 1. The summed E-state index contributed by atoms with van der Waals surface area (Å²) in [5.41, 5.74) is 0.546. The number of hydrogen-bond donors (Lipinski definition) is 1. The third kappa shape index (κ3) is 3.68. The van der Waals surface area contributed by atoms with Crippen molar-refractivity contribution < 1.29 is 4.79 Å². The number of nitrogens with zero attached hydrogens (tertiary/aromatic N) is 3. The van der Waals surface area contributed by atoms with E-state index in [9.17, 15) is 4.79 Å². The van der Waals surface area contributed by atoms with Crippen LogP contribution in [0.5, 0.6) is 0 Å². The number of Topliss-reactive ketones (excluding diaryl/α,β-unsaturated/α-hetero) is 1. The Morgan fingerprint density at radius 3 is 2.75 bits per heavy atom. The van der Waals surface area contributed by atoms with E-state index >= 15 is 0 Å². The van der Waals surface area contributed by atoms with E-state index in [4.69, 9.17) is 0 Å². The van der Waals surface area contributed by atoms with Gasteiger partial charge in [0.15, 0.2) is 10.4 Å². The van der Waals surface area contributed by atoms with Gasteiger partial charge in [0.1, 0.15) is 5.69 Å². The minimum atomic E-state index is 0.0740. The van der Waals surface area contributed by atoms with Crippen LogP contribution >= 0.6 is 15.9 Å². The molecule has 90 valence electrons. The van der Waals surface area contributed by atoms with Crippen LogP contribution in [0.4, 0.5) is 0 Å². The molecule has 0 saturated heterocycles. The van der Waals surface area contributed by atoms with Crippen LogP contribution in [0.15, 0.2) is 4.60 Å². The fraction of sp³-hybridized carbons (Fsp3) is 0.700. The zero-order valence-electron chi connectivity index (χ0n) is 9.83. The van der Waals surface area contributed by atoms with Crippen molar-refractivity contribution in [3.05, 3.63) is 10.3 Å². The summed E-state index contributed by atoms with van der Waals surface area (Å²) >= 11 is 3.22. The van der Waals surface area contributed by atoms with Crippen LogP contribution in [0.25, 0.3) is 0 Å². The van der Waals surface area contributed by atoms with Crippen molar-refractivity contribution in [1.82, 2.24) is 20.3 Å². The molecule has 6 heteroatoms. The standard InChI is InChI=1S/C10H17BrN4O/c1-7(2)12-6-4-5-8(16)9-10(11)13-14-15(9)3/h7,12H,4-6H2,1-3H3. The molecule has 0 fully saturated rings. The van der Waals surface area contributed by atoms with Gasteiger partial charge in [-0.05, 0) is 28.9 Å². The maximum Gasteiger partial charge on any atom is 0.183 e. The molecule has 0 unspecified atom stereocenters. The Balaban J connectivity index is 2.41. The van der Waals surface area contributed by atoms with Crippen molar-refractivity contribution in [2.45, 2.75) is 32.7 Å². The summed E-state index contributed by atoms with van der Waals surface area (Å²) in [6.45, 7) is 5.03. The highest BCUT2D eigenvalue weighted by Crippen LogP contribution is 2.14. The lowest BCUT2D eigenvalue weighted by Gasteiger charge is -2.07. The molecule has 0 radical (unpaired) electrons. The molecule has 1 aromatic rings. The lowest BCUT2D eigenvalue weighted by atomic mass is 10.1. The molecule has 5 nitrogen and oxygen atoms in total. The first kappa shape index (κ1) is 13.3. The molecular weight excluding hydrogens is 272 g/mol. The Bertz CT molecular complexity index is 342. The maximum absolute atomic E-state index is 11.8. The summed E-state index contributed by atoms with van der Waals surface area (Å²) < 4.78 is 2.03. The van der Waals surface area contributed by atoms with Crippen molar-refractivity contribution in [3.8, 4) is 0 Å². The smallest absolute Gasteiger partial charge is 0.183 e. The van der Waals surface area contributed by atoms with E-state index in [0.717, 1.165) is 13.0 Å². The van der Waals surface area contributed by atoms with Crippen LogP contribution in [0.1, 0.15) is 37.2 Å². The molecule has 0 bridgehead atoms. The molecule has 1 N–H and O–H groups in total. The van der Waals surface area contributed by atoms with Crippen molar-refractivity contribution in [1.29, 1.82) is 0 Å². The first-order valence-electron chi connectivity index (χ1n) is 5.34. The monoisotopic (exact) mass is 288 g/mol. The number of aryl methyl sites for hydroxylation is 1. The Morgan fingerprint density at radius 1 is 1.56 bits per heavy atom. The number of hydrogen-bond acceptors (Lipinski definition) is 4. The van der Waals surface area contributed by atoms with E-state index in [-0.39, 0.29) is 5.78 Å². The summed E-state index contributed by atoms with van der Waals surface area (Å²) in [4.78, 5) is 11.8. The van der Waals surface area contributed by atoms with E-state index in [2.05, 4.69) is 45.4 Å². The van der Waals surface area contributed by atoms with E-state index in [0.29, 0.717) is 22.8 Å². The average molecular weight is 289 g/mol. The average Bonchev–Trinajstić information content (AvgIpc) is 2.53. The molecule has 0 aliphatic rings. The van der Waals surface area contributed by atoms with Gasteiger partial charge in [0.05, 0.1) is 0 Å². The van der Waals surface area contributed by atoms with Crippen molar-refractivity contribution in [3.63, 3.8) is 0 Å². The molecular formula is C10H17BrN4O. The molecule has 16 heavy (non-hydrogen) atoms. The Morgan fingerprint density at radius 2 is 2.25 bits per heavy atom. The second kappa shape index (κ2) is 6.10. The predicted octanol–water partition coefficient (Wildman–Crippen LogP) is 1.54. The van der Waals surface area contributed by atoms with Gasteiger partial charge in [0, 0.05) is 19.5 Å². The van der Waals surface area contributed by atoms with Gasteiger partial charge in [-0.2, -0.15) is 0 Å². The fourth-order valence-corrected chi connectivity index (χ4v) is 1.93. The van der Waals surface area contributed by atoms with Gasteiger partial charge in [0.25, 0.3) is 0 Å². The summed E-state index contributed by atoms with van der Waals surface area (Å²) in [7, 11) is 1.72. The van der Waals surface area contributed by atoms with Crippen molar-refractivity contribution in [2.24, 2.45) is 7.05 Å². The van der Waals surface area contributed by atoms with Crippen LogP contribution in [0.2, 0.25) is 0 Å². The first-order chi connectivity index (χ1) is 7.52. The molecule has 0 aliphatic carbocycles. The van der Waals surface area contributed by atoms with Crippen molar-refractivity contribution in [2.75, 3.05) is 6.54 Å². The van der Waals surface area contributed by atoms with Crippen LogP contribution in [0, 0.1) is 0 Å². The number of rotatable bonds is 6. The van der Waals surface area contributed by atoms with Gasteiger partial charge in [0.2, 0.25) is 0 Å². The highest BCUT2D eigenvalue weighted by atomic mass is 79.9. The zero-order valence-corrected chi connectivity index (χ0v) is 11.4. The number of halogens is 1. The van der Waals surface area contributed by atoms with Crippen molar-refractivity contribution >= 4 is 21.7 Å². The normalized spacial score (nSPS) is 11.1. The van der Waals surface area contributed by atoms with Crippen LogP contribution in [-0.2, 0) is 7.05 Å². The highest BCUT2D eigenvalue weighted by Gasteiger charge is 2.15. The van der Waals surface area contributed by atoms with E-state index in [1.54, 1.807) is 7.05 Å². The summed E-state index contributed by atoms with van der Waals surface area (Å²) in [5.74, 6) is 0.0740. The number of aromatic nitrogens is 3. The zero-order chi connectivity index (χ0) is 12.1. The van der Waals surface area contributed by atoms with Crippen LogP contribution in [0.3, 0.4) is 0 Å². The summed E-state index contributed by atoms with van der Waals surface area (Å²) in [6, 6.07) is 0.459. The fourth-order valence-electron chi connectivity index (χ4n) is 1.39. The second-order valence-corrected chi connectivity index (χ2v) is 4.74. The molecule has 0 spiro atoms. The van der Waals surface area contributed by atoms with E-state index in [1.807, 2.05) is 0 Å². The van der Waals surface area contributed by atoms with Gasteiger partial charge >= 0.3 is 0 Å².